The van der Waals surface area contributed by atoms with Crippen molar-refractivity contribution < 1.29 is 0 Å². The lowest BCUT2D eigenvalue weighted by atomic mass is 10.0. The van der Waals surface area contributed by atoms with E-state index in [0.717, 1.165) is 0 Å². The molecule has 0 atom stereocenters. The molecule has 0 aliphatic heterocycles. The van der Waals surface area contributed by atoms with E-state index >= 15 is 0 Å². The van der Waals surface area contributed by atoms with Crippen LogP contribution in [0.15, 0.2) is 30.3 Å². The quantitative estimate of drug-likeness (QED) is 0.542. The van der Waals surface area contributed by atoms with Gasteiger partial charge in [0.05, 0.1) is 10.0 Å². The average molecular weight is 307 g/mol. The van der Waals surface area contributed by atoms with Crippen LogP contribution >= 0.6 is 46.4 Å². The number of anilines is 1. The van der Waals surface area contributed by atoms with Crippen molar-refractivity contribution in [1.82, 2.24) is 0 Å². The molecule has 0 aliphatic carbocycles. The second-order valence-electron chi connectivity index (χ2n) is 3.48. The number of rotatable bonds is 1. The van der Waals surface area contributed by atoms with E-state index in [1.807, 2.05) is 0 Å². The van der Waals surface area contributed by atoms with Gasteiger partial charge in [0.25, 0.3) is 0 Å². The summed E-state index contributed by atoms with van der Waals surface area (Å²) in [5, 5.41) is 1.86. The van der Waals surface area contributed by atoms with Gasteiger partial charge in [-0.3, -0.25) is 0 Å². The van der Waals surface area contributed by atoms with Gasteiger partial charge in [-0.15, -0.1) is 0 Å². The van der Waals surface area contributed by atoms with E-state index < -0.39 is 0 Å². The Morgan fingerprint density at radius 1 is 0.765 bits per heavy atom. The van der Waals surface area contributed by atoms with E-state index in [2.05, 4.69) is 0 Å². The second-order valence-corrected chi connectivity index (χ2v) is 5.14. The zero-order valence-corrected chi connectivity index (χ0v) is 11.5. The molecule has 0 bridgehead atoms. The van der Waals surface area contributed by atoms with Crippen LogP contribution in [0.25, 0.3) is 11.1 Å². The maximum atomic E-state index is 6.13. The SMILES string of the molecule is Nc1ccc(Cl)cc1-c1cc(Cl)cc(Cl)c1Cl. The van der Waals surface area contributed by atoms with Crippen molar-refractivity contribution >= 4 is 52.1 Å². The molecule has 0 fully saturated rings. The zero-order valence-electron chi connectivity index (χ0n) is 8.48. The minimum atomic E-state index is 0.383. The minimum Gasteiger partial charge on any atom is -0.398 e. The van der Waals surface area contributed by atoms with Crippen LogP contribution < -0.4 is 5.73 Å². The van der Waals surface area contributed by atoms with Gasteiger partial charge in [0.2, 0.25) is 0 Å². The molecule has 2 aromatic carbocycles. The average Bonchev–Trinajstić information content (AvgIpc) is 2.27. The fourth-order valence-electron chi connectivity index (χ4n) is 1.51. The molecule has 88 valence electrons. The van der Waals surface area contributed by atoms with Gasteiger partial charge in [-0.1, -0.05) is 46.4 Å². The predicted octanol–water partition coefficient (Wildman–Crippen LogP) is 5.55. The molecule has 1 nitrogen and oxygen atoms in total. The summed E-state index contributed by atoms with van der Waals surface area (Å²) in [6, 6.07) is 8.43. The molecule has 2 N–H and O–H groups in total. The standard InChI is InChI=1S/C12H7Cl4N/c13-6-1-2-11(17)8(3-6)9-4-7(14)5-10(15)12(9)16/h1-5H,17H2. The summed E-state index contributed by atoms with van der Waals surface area (Å²) in [6.45, 7) is 0. The molecule has 0 aliphatic rings. The molecule has 5 heteroatoms. The molecule has 2 rings (SSSR count). The predicted molar refractivity (Wildman–Crippen MR) is 76.3 cm³/mol. The van der Waals surface area contributed by atoms with E-state index in [1.54, 1.807) is 30.3 Å². The molecule has 0 saturated carbocycles. The first-order valence-corrected chi connectivity index (χ1v) is 6.20. The van der Waals surface area contributed by atoms with Crippen LogP contribution in [-0.2, 0) is 0 Å². The summed E-state index contributed by atoms with van der Waals surface area (Å²) < 4.78 is 0. The van der Waals surface area contributed by atoms with E-state index in [4.69, 9.17) is 52.1 Å². The van der Waals surface area contributed by atoms with Gasteiger partial charge in [-0.25, -0.2) is 0 Å². The molecule has 0 saturated heterocycles. The van der Waals surface area contributed by atoms with E-state index in [9.17, 15) is 0 Å². The van der Waals surface area contributed by atoms with E-state index in [1.165, 1.54) is 0 Å². The topological polar surface area (TPSA) is 26.0 Å². The fraction of sp³-hybridized carbons (Fsp3) is 0. The first-order chi connectivity index (χ1) is 7.99. The van der Waals surface area contributed by atoms with Gasteiger partial charge in [0.1, 0.15) is 0 Å². The van der Waals surface area contributed by atoms with Crippen molar-refractivity contribution in [3.8, 4) is 11.1 Å². The maximum Gasteiger partial charge on any atom is 0.0672 e. The van der Waals surface area contributed by atoms with Gasteiger partial charge in [-0.05, 0) is 30.3 Å². The molecular formula is C12H7Cl4N. The first kappa shape index (κ1) is 12.8. The summed E-state index contributed by atoms with van der Waals surface area (Å²) in [7, 11) is 0. The fourth-order valence-corrected chi connectivity index (χ4v) is 2.39. The molecule has 0 heterocycles. The lowest BCUT2D eigenvalue weighted by molar-refractivity contribution is 1.60. The number of benzene rings is 2. The summed E-state index contributed by atoms with van der Waals surface area (Å²) in [4.78, 5) is 0. The van der Waals surface area contributed by atoms with Crippen LogP contribution in [0.1, 0.15) is 0 Å². The molecule has 0 radical (unpaired) electrons. The third-order valence-electron chi connectivity index (χ3n) is 2.30. The number of nitrogen functional groups attached to an aromatic ring is 1. The number of nitrogens with two attached hydrogens (primary N) is 1. The van der Waals surface area contributed by atoms with Gasteiger partial charge in [0.15, 0.2) is 0 Å². The summed E-state index contributed by atoms with van der Waals surface area (Å²) >= 11 is 24.0. The first-order valence-electron chi connectivity index (χ1n) is 4.69. The Labute approximate surface area is 119 Å². The van der Waals surface area contributed by atoms with Crippen molar-refractivity contribution in [1.29, 1.82) is 0 Å². The Balaban J connectivity index is 2.72. The minimum absolute atomic E-state index is 0.383. The maximum absolute atomic E-state index is 6.13. The number of hydrogen-bond donors (Lipinski definition) is 1. The lowest BCUT2D eigenvalue weighted by Gasteiger charge is -2.10. The second kappa shape index (κ2) is 4.95. The number of halogens is 4. The summed E-state index contributed by atoms with van der Waals surface area (Å²) in [5.41, 5.74) is 7.84. The van der Waals surface area contributed by atoms with Crippen LogP contribution in [-0.4, -0.2) is 0 Å². The van der Waals surface area contributed by atoms with Crippen LogP contribution in [0.4, 0.5) is 5.69 Å². The molecule has 0 unspecified atom stereocenters. The van der Waals surface area contributed by atoms with Gasteiger partial charge in [0, 0.05) is 26.9 Å². The van der Waals surface area contributed by atoms with Crippen LogP contribution in [0.5, 0.6) is 0 Å². The van der Waals surface area contributed by atoms with Crippen LogP contribution in [0.3, 0.4) is 0 Å². The van der Waals surface area contributed by atoms with Crippen molar-refractivity contribution in [3.63, 3.8) is 0 Å². The molecule has 0 amide bonds. The Kier molecular flexibility index (Phi) is 3.74. The molecular weight excluding hydrogens is 300 g/mol. The third-order valence-corrected chi connectivity index (χ3v) is 3.55. The Morgan fingerprint density at radius 3 is 2.12 bits per heavy atom. The highest BCUT2D eigenvalue weighted by molar-refractivity contribution is 6.45. The Bertz CT molecular complexity index is 581. The van der Waals surface area contributed by atoms with Crippen molar-refractivity contribution in [3.05, 3.63) is 50.4 Å². The molecule has 0 spiro atoms. The monoisotopic (exact) mass is 305 g/mol. The van der Waals surface area contributed by atoms with Gasteiger partial charge >= 0.3 is 0 Å². The van der Waals surface area contributed by atoms with Crippen LogP contribution in [0, 0.1) is 0 Å². The Morgan fingerprint density at radius 2 is 1.41 bits per heavy atom. The van der Waals surface area contributed by atoms with Crippen LogP contribution in [0.2, 0.25) is 20.1 Å². The zero-order chi connectivity index (χ0) is 12.6. The largest absolute Gasteiger partial charge is 0.398 e. The summed E-state index contributed by atoms with van der Waals surface area (Å²) in [5.74, 6) is 0. The Hall–Kier alpha value is -0.600. The highest BCUT2D eigenvalue weighted by Gasteiger charge is 2.12. The van der Waals surface area contributed by atoms with Gasteiger partial charge < -0.3 is 5.73 Å². The lowest BCUT2D eigenvalue weighted by Crippen LogP contribution is -1.91. The van der Waals surface area contributed by atoms with E-state index in [-0.39, 0.29) is 0 Å². The summed E-state index contributed by atoms with van der Waals surface area (Å²) in [6.07, 6.45) is 0. The highest BCUT2D eigenvalue weighted by atomic mass is 35.5. The molecule has 17 heavy (non-hydrogen) atoms. The highest BCUT2D eigenvalue weighted by Crippen LogP contribution is 2.39. The third kappa shape index (κ3) is 2.63. The van der Waals surface area contributed by atoms with Crippen molar-refractivity contribution in [2.75, 3.05) is 5.73 Å². The smallest absolute Gasteiger partial charge is 0.0672 e. The number of hydrogen-bond acceptors (Lipinski definition) is 1. The normalized spacial score (nSPS) is 10.6. The van der Waals surface area contributed by atoms with E-state index in [0.29, 0.717) is 36.9 Å². The van der Waals surface area contributed by atoms with Crippen molar-refractivity contribution in [2.45, 2.75) is 0 Å². The molecule has 0 aromatic heterocycles. The van der Waals surface area contributed by atoms with Gasteiger partial charge in [-0.2, -0.15) is 0 Å². The van der Waals surface area contributed by atoms with Crippen molar-refractivity contribution in [2.24, 2.45) is 0 Å². The molecule has 2 aromatic rings.